The van der Waals surface area contributed by atoms with Crippen LogP contribution in [0.25, 0.3) is 0 Å². The number of amides is 2. The molecule has 0 saturated carbocycles. The summed E-state index contributed by atoms with van der Waals surface area (Å²) in [4.78, 5) is 45.4. The third kappa shape index (κ3) is 1.73. The number of carboxylic acid groups (broad SMARTS) is 1. The van der Waals surface area contributed by atoms with Gasteiger partial charge in [0.15, 0.2) is 0 Å². The Bertz CT molecular complexity index is 624. The third-order valence-electron chi connectivity index (χ3n) is 2.87. The van der Waals surface area contributed by atoms with Gasteiger partial charge in [-0.25, -0.2) is 4.79 Å². The molecule has 0 spiro atoms. The van der Waals surface area contributed by atoms with Crippen molar-refractivity contribution >= 4 is 23.5 Å². The normalized spacial score (nSPS) is 15.3. The number of aliphatic carboxylic acids is 1. The Hall–Kier alpha value is -2.77. The zero-order valence-corrected chi connectivity index (χ0v) is 9.69. The number of hydrogen-bond acceptors (Lipinski definition) is 5. The maximum Gasteiger partial charge on any atom is 0.326 e. The van der Waals surface area contributed by atoms with E-state index in [1.54, 1.807) is 0 Å². The van der Waals surface area contributed by atoms with Crippen LogP contribution in [-0.4, -0.2) is 38.8 Å². The standard InChI is InChI=1S/C11H8N2O6/c1-5(11(16)17)12-9(14)6-3-2-4-7(13(18)19)8(6)10(12)15/h2-5H,1H3,(H,16,17). The minimum atomic E-state index is -1.38. The minimum absolute atomic E-state index is 0.146. The second-order valence-corrected chi connectivity index (χ2v) is 3.95. The van der Waals surface area contributed by atoms with Gasteiger partial charge in [-0.2, -0.15) is 0 Å². The summed E-state index contributed by atoms with van der Waals surface area (Å²) in [6.07, 6.45) is 0. The van der Waals surface area contributed by atoms with Crippen molar-refractivity contribution in [2.75, 3.05) is 0 Å². The molecule has 1 aromatic carbocycles. The highest BCUT2D eigenvalue weighted by Crippen LogP contribution is 2.31. The fourth-order valence-corrected chi connectivity index (χ4v) is 1.90. The number of fused-ring (bicyclic) bond motifs is 1. The lowest BCUT2D eigenvalue weighted by Crippen LogP contribution is -2.42. The highest BCUT2D eigenvalue weighted by Gasteiger charge is 2.44. The molecular formula is C11H8N2O6. The summed E-state index contributed by atoms with van der Waals surface area (Å²) in [5, 5.41) is 19.7. The SMILES string of the molecule is CC(C(=O)O)N1C(=O)c2cccc([N+](=O)[O-])c2C1=O. The molecule has 0 aromatic heterocycles. The van der Waals surface area contributed by atoms with E-state index < -0.39 is 34.4 Å². The molecule has 1 aliphatic rings. The number of imide groups is 1. The first-order valence-electron chi connectivity index (χ1n) is 5.24. The summed E-state index contributed by atoms with van der Waals surface area (Å²) in [5.74, 6) is -3.15. The summed E-state index contributed by atoms with van der Waals surface area (Å²) < 4.78 is 0. The molecule has 0 bridgehead atoms. The van der Waals surface area contributed by atoms with Crippen molar-refractivity contribution in [2.45, 2.75) is 13.0 Å². The molecular weight excluding hydrogens is 256 g/mol. The molecule has 1 aromatic rings. The number of rotatable bonds is 3. The van der Waals surface area contributed by atoms with Crippen LogP contribution in [0.1, 0.15) is 27.6 Å². The maximum atomic E-state index is 12.0. The fourth-order valence-electron chi connectivity index (χ4n) is 1.90. The zero-order valence-electron chi connectivity index (χ0n) is 9.69. The van der Waals surface area contributed by atoms with Crippen LogP contribution in [0, 0.1) is 10.1 Å². The third-order valence-corrected chi connectivity index (χ3v) is 2.87. The van der Waals surface area contributed by atoms with Crippen molar-refractivity contribution in [1.82, 2.24) is 4.90 Å². The van der Waals surface area contributed by atoms with Gasteiger partial charge in [-0.15, -0.1) is 0 Å². The molecule has 0 aliphatic carbocycles. The fraction of sp³-hybridized carbons (Fsp3) is 0.182. The van der Waals surface area contributed by atoms with E-state index in [1.165, 1.54) is 12.1 Å². The van der Waals surface area contributed by atoms with Crippen LogP contribution in [0.15, 0.2) is 18.2 Å². The minimum Gasteiger partial charge on any atom is -0.480 e. The van der Waals surface area contributed by atoms with Crippen molar-refractivity contribution < 1.29 is 24.4 Å². The van der Waals surface area contributed by atoms with Crippen molar-refractivity contribution in [3.05, 3.63) is 39.4 Å². The smallest absolute Gasteiger partial charge is 0.326 e. The lowest BCUT2D eigenvalue weighted by Gasteiger charge is -2.17. The molecule has 1 heterocycles. The number of hydrogen-bond donors (Lipinski definition) is 1. The second kappa shape index (κ2) is 4.16. The average molecular weight is 264 g/mol. The molecule has 1 atom stereocenters. The zero-order chi connectivity index (χ0) is 14.3. The Morgan fingerprint density at radius 2 is 2.00 bits per heavy atom. The Morgan fingerprint density at radius 3 is 2.53 bits per heavy atom. The summed E-state index contributed by atoms with van der Waals surface area (Å²) in [6.45, 7) is 1.16. The van der Waals surface area contributed by atoms with Gasteiger partial charge >= 0.3 is 5.97 Å². The van der Waals surface area contributed by atoms with Crippen LogP contribution in [-0.2, 0) is 4.79 Å². The number of carbonyl (C=O) groups excluding carboxylic acids is 2. The van der Waals surface area contributed by atoms with Gasteiger partial charge in [-0.3, -0.25) is 24.6 Å². The first kappa shape index (κ1) is 12.7. The van der Waals surface area contributed by atoms with Crippen molar-refractivity contribution in [2.24, 2.45) is 0 Å². The van der Waals surface area contributed by atoms with Gasteiger partial charge in [0.1, 0.15) is 11.6 Å². The molecule has 8 nitrogen and oxygen atoms in total. The number of benzene rings is 1. The second-order valence-electron chi connectivity index (χ2n) is 3.95. The van der Waals surface area contributed by atoms with Crippen LogP contribution in [0.2, 0.25) is 0 Å². The van der Waals surface area contributed by atoms with E-state index in [9.17, 15) is 24.5 Å². The van der Waals surface area contributed by atoms with E-state index >= 15 is 0 Å². The van der Waals surface area contributed by atoms with Crippen LogP contribution in [0.3, 0.4) is 0 Å². The highest BCUT2D eigenvalue weighted by molar-refractivity contribution is 6.24. The first-order valence-corrected chi connectivity index (χ1v) is 5.24. The van der Waals surface area contributed by atoms with Crippen molar-refractivity contribution in [1.29, 1.82) is 0 Å². The number of carbonyl (C=O) groups is 3. The van der Waals surface area contributed by atoms with E-state index in [0.717, 1.165) is 13.0 Å². The number of nitro groups is 1. The lowest BCUT2D eigenvalue weighted by atomic mass is 10.1. The number of nitrogens with zero attached hydrogens (tertiary/aromatic N) is 2. The van der Waals surface area contributed by atoms with Crippen molar-refractivity contribution in [3.8, 4) is 0 Å². The van der Waals surface area contributed by atoms with E-state index in [4.69, 9.17) is 5.11 Å². The molecule has 1 N–H and O–H groups in total. The Balaban J connectivity index is 2.59. The molecule has 0 radical (unpaired) electrons. The predicted octanol–water partition coefficient (Wildman–Crippen LogP) is 0.664. The molecule has 1 unspecified atom stereocenters. The molecule has 19 heavy (non-hydrogen) atoms. The molecule has 2 amide bonds. The monoisotopic (exact) mass is 264 g/mol. The predicted molar refractivity (Wildman–Crippen MR) is 60.7 cm³/mol. The summed E-state index contributed by atoms with van der Waals surface area (Å²) >= 11 is 0. The molecule has 0 fully saturated rings. The Labute approximate surface area is 106 Å². The van der Waals surface area contributed by atoms with Gasteiger partial charge in [0, 0.05) is 6.07 Å². The largest absolute Gasteiger partial charge is 0.480 e. The van der Waals surface area contributed by atoms with E-state index in [1.807, 2.05) is 0 Å². The van der Waals surface area contributed by atoms with Gasteiger partial charge in [0.2, 0.25) is 0 Å². The van der Waals surface area contributed by atoms with E-state index in [2.05, 4.69) is 0 Å². The average Bonchev–Trinajstić information content (AvgIpc) is 2.61. The summed E-state index contributed by atoms with van der Waals surface area (Å²) in [5.41, 5.74) is -1.01. The Morgan fingerprint density at radius 1 is 1.37 bits per heavy atom. The van der Waals surface area contributed by atoms with Gasteiger partial charge in [0.05, 0.1) is 10.5 Å². The van der Waals surface area contributed by atoms with Crippen LogP contribution < -0.4 is 0 Å². The van der Waals surface area contributed by atoms with E-state index in [-0.39, 0.29) is 11.1 Å². The highest BCUT2D eigenvalue weighted by atomic mass is 16.6. The van der Waals surface area contributed by atoms with Gasteiger partial charge in [-0.1, -0.05) is 6.07 Å². The van der Waals surface area contributed by atoms with Crippen LogP contribution >= 0.6 is 0 Å². The van der Waals surface area contributed by atoms with Crippen LogP contribution in [0.5, 0.6) is 0 Å². The van der Waals surface area contributed by atoms with Gasteiger partial charge < -0.3 is 5.11 Å². The number of nitro benzene ring substituents is 1. The number of carboxylic acids is 1. The van der Waals surface area contributed by atoms with E-state index in [0.29, 0.717) is 4.90 Å². The summed E-state index contributed by atoms with van der Waals surface area (Å²) in [6, 6.07) is 2.25. The van der Waals surface area contributed by atoms with Gasteiger partial charge in [0.25, 0.3) is 17.5 Å². The van der Waals surface area contributed by atoms with Crippen LogP contribution in [0.4, 0.5) is 5.69 Å². The molecule has 0 saturated heterocycles. The molecule has 2 rings (SSSR count). The summed E-state index contributed by atoms with van der Waals surface area (Å²) in [7, 11) is 0. The Kier molecular flexibility index (Phi) is 2.78. The molecule has 98 valence electrons. The quantitative estimate of drug-likeness (QED) is 0.486. The van der Waals surface area contributed by atoms with Gasteiger partial charge in [-0.05, 0) is 13.0 Å². The molecule has 1 aliphatic heterocycles. The van der Waals surface area contributed by atoms with Crippen molar-refractivity contribution in [3.63, 3.8) is 0 Å². The topological polar surface area (TPSA) is 118 Å². The maximum absolute atomic E-state index is 12.0. The first-order chi connectivity index (χ1) is 8.86. The lowest BCUT2D eigenvalue weighted by molar-refractivity contribution is -0.385. The molecule has 8 heteroatoms.